The Bertz CT molecular complexity index is 742. The summed E-state index contributed by atoms with van der Waals surface area (Å²) in [6.07, 6.45) is 0. The monoisotopic (exact) mass is 346 g/mol. The lowest BCUT2D eigenvalue weighted by molar-refractivity contribution is -0.123. The molecule has 0 aliphatic rings. The average Bonchev–Trinajstić information content (AvgIpc) is 2.58. The normalized spacial score (nSPS) is 9.92. The molecule has 0 heterocycles. The first kappa shape index (κ1) is 17.5. The van der Waals surface area contributed by atoms with Gasteiger partial charge >= 0.3 is 0 Å². The highest BCUT2D eigenvalue weighted by atomic mass is 35.5. The smallest absolute Gasteiger partial charge is 0.276 e. The summed E-state index contributed by atoms with van der Waals surface area (Å²) in [7, 11) is 0. The molecule has 0 bridgehead atoms. The Hall–Kier alpha value is -2.86. The van der Waals surface area contributed by atoms with E-state index in [2.05, 4.69) is 10.9 Å². The number of carbonyl (C=O) groups is 3. The van der Waals surface area contributed by atoms with E-state index in [0.717, 1.165) is 0 Å². The van der Waals surface area contributed by atoms with Gasteiger partial charge in [0.25, 0.3) is 11.8 Å². The first-order chi connectivity index (χ1) is 11.5. The van der Waals surface area contributed by atoms with Crippen LogP contribution in [-0.2, 0) is 4.79 Å². The van der Waals surface area contributed by atoms with Crippen molar-refractivity contribution in [1.29, 1.82) is 0 Å². The molecule has 0 radical (unpaired) electrons. The molecular weight excluding hydrogens is 332 g/mol. The molecule has 0 saturated heterocycles. The van der Waals surface area contributed by atoms with Crippen molar-refractivity contribution >= 4 is 29.2 Å². The second-order valence-corrected chi connectivity index (χ2v) is 5.31. The van der Waals surface area contributed by atoms with E-state index < -0.39 is 11.8 Å². The summed E-state index contributed by atoms with van der Waals surface area (Å²) in [5.74, 6) is -0.595. The number of Topliss-reactive ketones (excluding diaryl/α,β-unsaturated/α-hetero) is 1. The number of hydrazine groups is 1. The van der Waals surface area contributed by atoms with Crippen LogP contribution in [0.1, 0.15) is 27.6 Å². The van der Waals surface area contributed by atoms with Gasteiger partial charge in [-0.1, -0.05) is 11.6 Å². The SMILES string of the molecule is CC(=O)c1ccc(OCC(=O)NNC(=O)c2ccc(Cl)cc2)cc1. The zero-order valence-corrected chi connectivity index (χ0v) is 13.6. The van der Waals surface area contributed by atoms with E-state index in [1.54, 1.807) is 36.4 Å². The highest BCUT2D eigenvalue weighted by molar-refractivity contribution is 6.30. The average molecular weight is 347 g/mol. The summed E-state index contributed by atoms with van der Waals surface area (Å²) in [6, 6.07) is 12.6. The van der Waals surface area contributed by atoms with Gasteiger partial charge in [0.15, 0.2) is 12.4 Å². The second-order valence-electron chi connectivity index (χ2n) is 4.88. The molecular formula is C17H15ClN2O4. The Morgan fingerprint density at radius 2 is 1.50 bits per heavy atom. The lowest BCUT2D eigenvalue weighted by Crippen LogP contribution is -2.43. The van der Waals surface area contributed by atoms with Crippen molar-refractivity contribution in [2.75, 3.05) is 6.61 Å². The number of rotatable bonds is 5. The zero-order valence-electron chi connectivity index (χ0n) is 12.8. The molecule has 0 spiro atoms. The van der Waals surface area contributed by atoms with Crippen LogP contribution in [0.25, 0.3) is 0 Å². The van der Waals surface area contributed by atoms with Crippen LogP contribution in [0.3, 0.4) is 0 Å². The van der Waals surface area contributed by atoms with Gasteiger partial charge in [-0.15, -0.1) is 0 Å². The van der Waals surface area contributed by atoms with Crippen molar-refractivity contribution in [1.82, 2.24) is 10.9 Å². The molecule has 2 amide bonds. The van der Waals surface area contributed by atoms with Crippen LogP contribution in [-0.4, -0.2) is 24.2 Å². The first-order valence-electron chi connectivity index (χ1n) is 7.04. The molecule has 6 nitrogen and oxygen atoms in total. The van der Waals surface area contributed by atoms with Crippen molar-refractivity contribution in [2.45, 2.75) is 6.92 Å². The molecule has 124 valence electrons. The van der Waals surface area contributed by atoms with Crippen LogP contribution in [0.5, 0.6) is 5.75 Å². The number of ether oxygens (including phenoxy) is 1. The van der Waals surface area contributed by atoms with Gasteiger partial charge in [0, 0.05) is 16.1 Å². The predicted molar refractivity (Wildman–Crippen MR) is 89.0 cm³/mol. The van der Waals surface area contributed by atoms with Crippen molar-refractivity contribution in [3.63, 3.8) is 0 Å². The van der Waals surface area contributed by atoms with E-state index in [1.807, 2.05) is 0 Å². The third-order valence-corrected chi connectivity index (χ3v) is 3.30. The Labute approximate surface area is 143 Å². The molecule has 2 rings (SSSR count). The Morgan fingerprint density at radius 3 is 2.08 bits per heavy atom. The fourth-order valence-corrected chi connectivity index (χ4v) is 1.90. The van der Waals surface area contributed by atoms with Gasteiger partial charge in [0.1, 0.15) is 5.75 Å². The van der Waals surface area contributed by atoms with E-state index in [9.17, 15) is 14.4 Å². The van der Waals surface area contributed by atoms with Crippen LogP contribution in [0.2, 0.25) is 5.02 Å². The molecule has 0 atom stereocenters. The summed E-state index contributed by atoms with van der Waals surface area (Å²) in [4.78, 5) is 34.6. The van der Waals surface area contributed by atoms with Gasteiger partial charge in [0.2, 0.25) is 0 Å². The molecule has 24 heavy (non-hydrogen) atoms. The minimum atomic E-state index is -0.520. The molecule has 0 aromatic heterocycles. The number of ketones is 1. The van der Waals surface area contributed by atoms with Crippen molar-refractivity contribution in [3.05, 3.63) is 64.7 Å². The van der Waals surface area contributed by atoms with Crippen molar-refractivity contribution < 1.29 is 19.1 Å². The minimum absolute atomic E-state index is 0.0517. The Morgan fingerprint density at radius 1 is 0.917 bits per heavy atom. The summed E-state index contributed by atoms with van der Waals surface area (Å²) in [5.41, 5.74) is 5.44. The van der Waals surface area contributed by atoms with Gasteiger partial charge in [-0.25, -0.2) is 0 Å². The number of carbonyl (C=O) groups excluding carboxylic acids is 3. The molecule has 2 N–H and O–H groups in total. The zero-order chi connectivity index (χ0) is 17.5. The topological polar surface area (TPSA) is 84.5 Å². The van der Waals surface area contributed by atoms with Gasteiger partial charge in [-0.3, -0.25) is 25.2 Å². The van der Waals surface area contributed by atoms with Gasteiger partial charge < -0.3 is 4.74 Å². The summed E-state index contributed by atoms with van der Waals surface area (Å²) in [6.45, 7) is 1.19. The summed E-state index contributed by atoms with van der Waals surface area (Å²) in [5, 5.41) is 0.514. The maximum Gasteiger partial charge on any atom is 0.276 e. The highest BCUT2D eigenvalue weighted by Crippen LogP contribution is 2.12. The Balaban J connectivity index is 1.77. The quantitative estimate of drug-likeness (QED) is 0.643. The lowest BCUT2D eigenvalue weighted by atomic mass is 10.1. The van der Waals surface area contributed by atoms with Crippen molar-refractivity contribution in [2.24, 2.45) is 0 Å². The van der Waals surface area contributed by atoms with E-state index in [1.165, 1.54) is 19.1 Å². The summed E-state index contributed by atoms with van der Waals surface area (Å²) >= 11 is 5.73. The number of amides is 2. The maximum absolute atomic E-state index is 11.8. The molecule has 0 aliphatic carbocycles. The van der Waals surface area contributed by atoms with Crippen LogP contribution in [0, 0.1) is 0 Å². The molecule has 7 heteroatoms. The van der Waals surface area contributed by atoms with E-state index in [4.69, 9.17) is 16.3 Å². The lowest BCUT2D eigenvalue weighted by Gasteiger charge is -2.09. The van der Waals surface area contributed by atoms with Crippen molar-refractivity contribution in [3.8, 4) is 5.75 Å². The largest absolute Gasteiger partial charge is 0.484 e. The molecule has 2 aromatic carbocycles. The number of nitrogens with one attached hydrogen (secondary N) is 2. The van der Waals surface area contributed by atoms with Crippen LogP contribution >= 0.6 is 11.6 Å². The summed E-state index contributed by atoms with van der Waals surface area (Å²) < 4.78 is 5.26. The van der Waals surface area contributed by atoms with Gasteiger partial charge in [-0.05, 0) is 55.5 Å². The van der Waals surface area contributed by atoms with Crippen LogP contribution in [0.4, 0.5) is 0 Å². The fourth-order valence-electron chi connectivity index (χ4n) is 1.77. The standard InChI is InChI=1S/C17H15ClN2O4/c1-11(21)12-4-8-15(9-5-12)24-10-16(22)19-20-17(23)13-2-6-14(18)7-3-13/h2-9H,10H2,1H3,(H,19,22)(H,20,23). The number of hydrogen-bond acceptors (Lipinski definition) is 4. The molecule has 0 aliphatic heterocycles. The Kier molecular flexibility index (Phi) is 5.92. The van der Waals surface area contributed by atoms with Crippen LogP contribution in [0.15, 0.2) is 48.5 Å². The second kappa shape index (κ2) is 8.12. The minimum Gasteiger partial charge on any atom is -0.484 e. The third kappa shape index (κ3) is 5.10. The highest BCUT2D eigenvalue weighted by Gasteiger charge is 2.08. The molecule has 0 fully saturated rings. The van der Waals surface area contributed by atoms with Gasteiger partial charge in [-0.2, -0.15) is 0 Å². The number of hydrogen-bond donors (Lipinski definition) is 2. The third-order valence-electron chi connectivity index (χ3n) is 3.05. The molecule has 0 unspecified atom stereocenters. The van der Waals surface area contributed by atoms with E-state index in [0.29, 0.717) is 21.9 Å². The van der Waals surface area contributed by atoms with E-state index in [-0.39, 0.29) is 12.4 Å². The fraction of sp³-hybridized carbons (Fsp3) is 0.118. The number of halogens is 1. The maximum atomic E-state index is 11.8. The molecule has 2 aromatic rings. The molecule has 0 saturated carbocycles. The van der Waals surface area contributed by atoms with Gasteiger partial charge in [0.05, 0.1) is 0 Å². The predicted octanol–water partition coefficient (Wildman–Crippen LogP) is 2.38. The van der Waals surface area contributed by atoms with Crippen LogP contribution < -0.4 is 15.6 Å². The number of benzene rings is 2. The first-order valence-corrected chi connectivity index (χ1v) is 7.42. The van der Waals surface area contributed by atoms with E-state index >= 15 is 0 Å².